The summed E-state index contributed by atoms with van der Waals surface area (Å²) in [6, 6.07) is 4.58. The molecule has 0 saturated heterocycles. The minimum atomic E-state index is -0.526. The third-order valence-electron chi connectivity index (χ3n) is 2.91. The number of aromatic amines is 1. The predicted molar refractivity (Wildman–Crippen MR) is 71.5 cm³/mol. The van der Waals surface area contributed by atoms with E-state index in [9.17, 15) is 9.18 Å². The number of nitrogens with zero attached hydrogens (tertiary/aromatic N) is 1. The Morgan fingerprint density at radius 3 is 2.84 bits per heavy atom. The number of carbonyl (C=O) groups excluding carboxylic acids is 1. The summed E-state index contributed by atoms with van der Waals surface area (Å²) in [5, 5.41) is 9.04. The largest absolute Gasteiger partial charge is 0.395 e. The first-order valence-corrected chi connectivity index (χ1v) is 5.93. The molecule has 0 spiro atoms. The van der Waals surface area contributed by atoms with Crippen LogP contribution in [0.3, 0.4) is 0 Å². The van der Waals surface area contributed by atoms with Crippen molar-refractivity contribution in [2.45, 2.75) is 20.3 Å². The number of nitrogen functional groups attached to an aromatic ring is 1. The van der Waals surface area contributed by atoms with Gasteiger partial charge in [0.15, 0.2) is 5.69 Å². The van der Waals surface area contributed by atoms with E-state index in [0.29, 0.717) is 23.4 Å². The average molecular weight is 262 g/mol. The molecule has 1 amide bonds. The molecule has 0 aliphatic heterocycles. The molecule has 0 atom stereocenters. The van der Waals surface area contributed by atoms with Gasteiger partial charge in [-0.1, -0.05) is 19.1 Å². The van der Waals surface area contributed by atoms with Crippen LogP contribution in [0.25, 0.3) is 0 Å². The number of nitrogens with one attached hydrogen (secondary N) is 2. The number of rotatable bonds is 3. The van der Waals surface area contributed by atoms with Crippen LogP contribution in [0.4, 0.5) is 15.8 Å². The summed E-state index contributed by atoms with van der Waals surface area (Å²) in [6.45, 7) is 3.61. The van der Waals surface area contributed by atoms with Crippen molar-refractivity contribution in [1.29, 1.82) is 0 Å². The Balaban J connectivity index is 2.28. The van der Waals surface area contributed by atoms with Crippen molar-refractivity contribution in [2.24, 2.45) is 0 Å². The molecule has 0 fully saturated rings. The lowest BCUT2D eigenvalue weighted by Crippen LogP contribution is -2.16. The van der Waals surface area contributed by atoms with E-state index in [0.717, 1.165) is 0 Å². The number of H-pyrrole nitrogens is 1. The molecular weight excluding hydrogens is 247 g/mol. The Kier molecular flexibility index (Phi) is 3.50. The summed E-state index contributed by atoms with van der Waals surface area (Å²) in [6.07, 6.45) is 0.644. The monoisotopic (exact) mass is 262 g/mol. The second kappa shape index (κ2) is 5.09. The zero-order chi connectivity index (χ0) is 14.0. The van der Waals surface area contributed by atoms with Gasteiger partial charge in [0.25, 0.3) is 5.91 Å². The number of benzene rings is 1. The molecule has 0 bridgehead atoms. The molecule has 0 aliphatic carbocycles. The number of aryl methyl sites for hydroxylation is 2. The number of aromatic nitrogens is 2. The topological polar surface area (TPSA) is 83.8 Å². The highest BCUT2D eigenvalue weighted by Gasteiger charge is 2.18. The predicted octanol–water partition coefficient (Wildman–Crippen LogP) is 2.25. The first kappa shape index (κ1) is 13.1. The molecule has 1 heterocycles. The Morgan fingerprint density at radius 1 is 1.53 bits per heavy atom. The molecule has 4 N–H and O–H groups in total. The van der Waals surface area contributed by atoms with E-state index < -0.39 is 11.7 Å². The van der Waals surface area contributed by atoms with Crippen LogP contribution in [0, 0.1) is 12.7 Å². The number of nitrogens with two attached hydrogens (primary N) is 1. The molecular formula is C13H15FN4O. The highest BCUT2D eigenvalue weighted by Crippen LogP contribution is 2.21. The highest BCUT2D eigenvalue weighted by molar-refractivity contribution is 6.06. The van der Waals surface area contributed by atoms with Gasteiger partial charge in [-0.25, -0.2) is 4.39 Å². The summed E-state index contributed by atoms with van der Waals surface area (Å²) in [5.41, 5.74) is 7.65. The van der Waals surface area contributed by atoms with Crippen LogP contribution < -0.4 is 11.1 Å². The van der Waals surface area contributed by atoms with Crippen molar-refractivity contribution in [3.8, 4) is 0 Å². The van der Waals surface area contributed by atoms with Crippen LogP contribution in [0.15, 0.2) is 18.2 Å². The first-order valence-electron chi connectivity index (χ1n) is 5.93. The number of halogens is 1. The van der Waals surface area contributed by atoms with Crippen molar-refractivity contribution in [2.75, 3.05) is 11.1 Å². The lowest BCUT2D eigenvalue weighted by molar-refractivity contribution is 0.102. The van der Waals surface area contributed by atoms with Gasteiger partial charge < -0.3 is 11.1 Å². The quantitative estimate of drug-likeness (QED) is 0.793. The van der Waals surface area contributed by atoms with Crippen molar-refractivity contribution >= 4 is 17.3 Å². The summed E-state index contributed by atoms with van der Waals surface area (Å²) in [4.78, 5) is 12.0. The van der Waals surface area contributed by atoms with Gasteiger partial charge in [-0.15, -0.1) is 0 Å². The van der Waals surface area contributed by atoms with Crippen LogP contribution in [0.5, 0.6) is 0 Å². The van der Waals surface area contributed by atoms with Crippen LogP contribution in [0.2, 0.25) is 0 Å². The summed E-state index contributed by atoms with van der Waals surface area (Å²) in [5.74, 6) is -1.01. The molecule has 100 valence electrons. The van der Waals surface area contributed by atoms with E-state index >= 15 is 0 Å². The molecule has 2 rings (SSSR count). The van der Waals surface area contributed by atoms with Gasteiger partial charge in [-0.05, 0) is 25.0 Å². The number of carbonyl (C=O) groups is 1. The molecule has 0 aliphatic rings. The molecule has 0 unspecified atom stereocenters. The molecule has 1 aromatic carbocycles. The van der Waals surface area contributed by atoms with Crippen LogP contribution in [0.1, 0.15) is 28.7 Å². The van der Waals surface area contributed by atoms with Gasteiger partial charge in [0, 0.05) is 0 Å². The number of amides is 1. The van der Waals surface area contributed by atoms with Crippen LogP contribution >= 0.6 is 0 Å². The second-order valence-corrected chi connectivity index (χ2v) is 4.20. The minimum absolute atomic E-state index is 0.0829. The molecule has 19 heavy (non-hydrogen) atoms. The van der Waals surface area contributed by atoms with Crippen molar-refractivity contribution in [3.05, 3.63) is 41.0 Å². The van der Waals surface area contributed by atoms with Gasteiger partial charge in [-0.3, -0.25) is 9.89 Å². The van der Waals surface area contributed by atoms with E-state index in [-0.39, 0.29) is 11.4 Å². The smallest absolute Gasteiger partial charge is 0.278 e. The van der Waals surface area contributed by atoms with Crippen LogP contribution in [-0.4, -0.2) is 16.1 Å². The van der Waals surface area contributed by atoms with Crippen molar-refractivity contribution in [3.63, 3.8) is 0 Å². The van der Waals surface area contributed by atoms with Gasteiger partial charge >= 0.3 is 0 Å². The molecule has 5 nitrogen and oxygen atoms in total. The molecule has 0 radical (unpaired) electrons. The summed E-state index contributed by atoms with van der Waals surface area (Å²) in [7, 11) is 0. The Hall–Kier alpha value is -2.37. The van der Waals surface area contributed by atoms with E-state index in [4.69, 9.17) is 5.73 Å². The molecule has 2 aromatic rings. The lowest BCUT2D eigenvalue weighted by Gasteiger charge is -2.08. The lowest BCUT2D eigenvalue weighted by atomic mass is 10.2. The zero-order valence-electron chi connectivity index (χ0n) is 10.7. The van der Waals surface area contributed by atoms with Gasteiger partial charge in [0.1, 0.15) is 5.82 Å². The first-order chi connectivity index (χ1) is 9.04. The van der Waals surface area contributed by atoms with E-state index in [1.807, 2.05) is 6.92 Å². The number of hydrogen-bond acceptors (Lipinski definition) is 3. The van der Waals surface area contributed by atoms with E-state index in [1.54, 1.807) is 19.1 Å². The maximum atomic E-state index is 13.6. The SMILES string of the molecule is CCc1[nH]nc(C(=O)Nc2c(C)cccc2F)c1N. The fourth-order valence-corrected chi connectivity index (χ4v) is 1.79. The third kappa shape index (κ3) is 2.42. The maximum Gasteiger partial charge on any atom is 0.278 e. The number of anilines is 2. The molecule has 0 saturated carbocycles. The fraction of sp³-hybridized carbons (Fsp3) is 0.231. The van der Waals surface area contributed by atoms with E-state index in [2.05, 4.69) is 15.5 Å². The van der Waals surface area contributed by atoms with Gasteiger partial charge in [0.05, 0.1) is 17.1 Å². The van der Waals surface area contributed by atoms with E-state index in [1.165, 1.54) is 6.07 Å². The van der Waals surface area contributed by atoms with Gasteiger partial charge in [-0.2, -0.15) is 5.10 Å². The zero-order valence-corrected chi connectivity index (χ0v) is 10.7. The average Bonchev–Trinajstić information content (AvgIpc) is 2.75. The fourth-order valence-electron chi connectivity index (χ4n) is 1.79. The Labute approximate surface area is 110 Å². The van der Waals surface area contributed by atoms with Gasteiger partial charge in [0.2, 0.25) is 0 Å². The molecule has 1 aromatic heterocycles. The highest BCUT2D eigenvalue weighted by atomic mass is 19.1. The standard InChI is InChI=1S/C13H15FN4O/c1-3-9-10(15)12(18-17-9)13(19)16-11-7(2)5-4-6-8(11)14/h4-6H,3,15H2,1-2H3,(H,16,19)(H,17,18). The summed E-state index contributed by atoms with van der Waals surface area (Å²) >= 11 is 0. The van der Waals surface area contributed by atoms with Crippen molar-refractivity contribution < 1.29 is 9.18 Å². The maximum absolute atomic E-state index is 13.6. The second-order valence-electron chi connectivity index (χ2n) is 4.20. The number of hydrogen-bond donors (Lipinski definition) is 3. The number of para-hydroxylation sites is 1. The third-order valence-corrected chi connectivity index (χ3v) is 2.91. The normalized spacial score (nSPS) is 10.5. The van der Waals surface area contributed by atoms with Crippen molar-refractivity contribution in [1.82, 2.24) is 10.2 Å². The minimum Gasteiger partial charge on any atom is -0.395 e. The summed E-state index contributed by atoms with van der Waals surface area (Å²) < 4.78 is 13.6. The van der Waals surface area contributed by atoms with Crippen LogP contribution in [-0.2, 0) is 6.42 Å². The Morgan fingerprint density at radius 2 is 2.26 bits per heavy atom. The Bertz CT molecular complexity index is 601. The molecule has 6 heteroatoms.